The zero-order valence-corrected chi connectivity index (χ0v) is 13.7. The van der Waals surface area contributed by atoms with E-state index >= 15 is 0 Å². The summed E-state index contributed by atoms with van der Waals surface area (Å²) >= 11 is 0. The second-order valence-electron chi connectivity index (χ2n) is 6.75. The molecular weight excluding hydrogens is 290 g/mol. The van der Waals surface area contributed by atoms with Crippen molar-refractivity contribution < 1.29 is 13.9 Å². The van der Waals surface area contributed by atoms with Gasteiger partial charge in [-0.25, -0.2) is 4.79 Å². The van der Waals surface area contributed by atoms with Crippen molar-refractivity contribution in [2.24, 2.45) is 4.99 Å². The monoisotopic (exact) mass is 311 g/mol. The average molecular weight is 311 g/mol. The summed E-state index contributed by atoms with van der Waals surface area (Å²) < 4.78 is 11.1. The second-order valence-corrected chi connectivity index (χ2v) is 6.75. The van der Waals surface area contributed by atoms with Gasteiger partial charge >= 0.3 is 5.97 Å². The normalized spacial score (nSPS) is 21.1. The topological polar surface area (TPSA) is 51.8 Å². The molecule has 23 heavy (non-hydrogen) atoms. The Balaban J connectivity index is 1.90. The molecule has 0 spiro atoms. The summed E-state index contributed by atoms with van der Waals surface area (Å²) in [5.74, 6) is 0.357. The Labute approximate surface area is 136 Å². The van der Waals surface area contributed by atoms with Crippen LogP contribution in [-0.2, 0) is 9.53 Å². The van der Waals surface area contributed by atoms with E-state index in [4.69, 9.17) is 9.15 Å². The minimum absolute atomic E-state index is 0.116. The molecular formula is C19H21NO3. The lowest BCUT2D eigenvalue weighted by atomic mass is 9.93. The summed E-state index contributed by atoms with van der Waals surface area (Å²) in [4.78, 5) is 17.2. The van der Waals surface area contributed by atoms with Crippen LogP contribution in [0.5, 0.6) is 0 Å². The zero-order chi connectivity index (χ0) is 16.4. The van der Waals surface area contributed by atoms with Crippen molar-refractivity contribution in [1.29, 1.82) is 0 Å². The Morgan fingerprint density at radius 1 is 1.17 bits per heavy atom. The molecule has 4 heteroatoms. The molecule has 0 saturated carbocycles. The van der Waals surface area contributed by atoms with Crippen LogP contribution in [0, 0.1) is 0 Å². The Hall–Kier alpha value is -2.36. The van der Waals surface area contributed by atoms with Gasteiger partial charge in [0.05, 0.1) is 12.2 Å². The van der Waals surface area contributed by atoms with Crippen molar-refractivity contribution in [3.63, 3.8) is 0 Å². The van der Waals surface area contributed by atoms with Gasteiger partial charge in [0.2, 0.25) is 0 Å². The lowest BCUT2D eigenvalue weighted by Crippen LogP contribution is -2.32. The van der Waals surface area contributed by atoms with Gasteiger partial charge in [-0.2, -0.15) is 0 Å². The van der Waals surface area contributed by atoms with Gasteiger partial charge in [0.15, 0.2) is 6.04 Å². The molecule has 0 unspecified atom stereocenters. The summed E-state index contributed by atoms with van der Waals surface area (Å²) in [5.41, 5.74) is 1.42. The predicted molar refractivity (Wildman–Crippen MR) is 88.7 cm³/mol. The third-order valence-electron chi connectivity index (χ3n) is 3.75. The fourth-order valence-electron chi connectivity index (χ4n) is 2.79. The first kappa shape index (κ1) is 15.5. The maximum atomic E-state index is 12.6. The highest BCUT2D eigenvalue weighted by molar-refractivity contribution is 6.04. The summed E-state index contributed by atoms with van der Waals surface area (Å²) in [5, 5.41) is 0. The maximum absolute atomic E-state index is 12.6. The van der Waals surface area contributed by atoms with Crippen LogP contribution < -0.4 is 0 Å². The van der Waals surface area contributed by atoms with E-state index in [2.05, 4.69) is 4.99 Å². The summed E-state index contributed by atoms with van der Waals surface area (Å²) in [6.45, 7) is 5.59. The van der Waals surface area contributed by atoms with Crippen LogP contribution in [0.25, 0.3) is 0 Å². The lowest BCUT2D eigenvalue weighted by molar-refractivity contribution is -0.156. The summed E-state index contributed by atoms with van der Waals surface area (Å²) in [7, 11) is 0. The molecule has 1 aromatic heterocycles. The van der Waals surface area contributed by atoms with Crippen molar-refractivity contribution in [2.45, 2.75) is 44.8 Å². The van der Waals surface area contributed by atoms with E-state index in [1.807, 2.05) is 63.2 Å². The molecule has 2 atom stereocenters. The highest BCUT2D eigenvalue weighted by atomic mass is 16.6. The molecule has 0 saturated heterocycles. The summed E-state index contributed by atoms with van der Waals surface area (Å²) in [6.07, 6.45) is 2.30. The van der Waals surface area contributed by atoms with Gasteiger partial charge in [0, 0.05) is 12.1 Å². The number of furan rings is 1. The van der Waals surface area contributed by atoms with E-state index in [1.165, 1.54) is 0 Å². The fraction of sp³-hybridized carbons (Fsp3) is 0.368. The zero-order valence-electron chi connectivity index (χ0n) is 13.7. The van der Waals surface area contributed by atoms with Gasteiger partial charge in [0.25, 0.3) is 0 Å². The largest absolute Gasteiger partial charge is 0.469 e. The van der Waals surface area contributed by atoms with Gasteiger partial charge in [-0.05, 0) is 38.5 Å². The molecule has 0 N–H and O–H groups in total. The molecule has 0 radical (unpaired) electrons. The fourth-order valence-corrected chi connectivity index (χ4v) is 2.79. The van der Waals surface area contributed by atoms with Gasteiger partial charge in [-0.15, -0.1) is 0 Å². The first-order valence-electron chi connectivity index (χ1n) is 7.82. The quantitative estimate of drug-likeness (QED) is 0.806. The second kappa shape index (κ2) is 6.03. The molecule has 120 valence electrons. The Morgan fingerprint density at radius 2 is 1.91 bits per heavy atom. The number of ether oxygens (including phenoxy) is 1. The number of rotatable bonds is 3. The van der Waals surface area contributed by atoms with Gasteiger partial charge < -0.3 is 9.15 Å². The number of nitrogens with zero attached hydrogens (tertiary/aromatic N) is 1. The number of carbonyl (C=O) groups excluding carboxylic acids is 1. The number of aliphatic imine (C=N–C) groups is 1. The van der Waals surface area contributed by atoms with E-state index in [0.29, 0.717) is 6.42 Å². The van der Waals surface area contributed by atoms with E-state index in [0.717, 1.165) is 17.0 Å². The van der Waals surface area contributed by atoms with E-state index in [1.54, 1.807) is 6.26 Å². The molecule has 0 aliphatic carbocycles. The van der Waals surface area contributed by atoms with E-state index in [9.17, 15) is 4.79 Å². The van der Waals surface area contributed by atoms with Crippen LogP contribution >= 0.6 is 0 Å². The van der Waals surface area contributed by atoms with Crippen molar-refractivity contribution in [2.75, 3.05) is 0 Å². The molecule has 1 aliphatic rings. The first-order valence-corrected chi connectivity index (χ1v) is 7.82. The molecule has 2 heterocycles. The number of hydrogen-bond donors (Lipinski definition) is 0. The molecule has 1 aliphatic heterocycles. The molecule has 0 bridgehead atoms. The Kier molecular flexibility index (Phi) is 4.07. The van der Waals surface area contributed by atoms with Crippen molar-refractivity contribution in [1.82, 2.24) is 0 Å². The average Bonchev–Trinajstić information content (AvgIpc) is 3.15. The van der Waals surface area contributed by atoms with Crippen molar-refractivity contribution >= 4 is 11.7 Å². The molecule has 1 aromatic carbocycles. The Bertz CT molecular complexity index is 696. The predicted octanol–water partition coefficient (Wildman–Crippen LogP) is 3.97. The van der Waals surface area contributed by atoms with E-state index < -0.39 is 11.6 Å². The third kappa shape index (κ3) is 3.52. The van der Waals surface area contributed by atoms with Gasteiger partial charge in [0.1, 0.15) is 11.4 Å². The van der Waals surface area contributed by atoms with Gasteiger partial charge in [-0.3, -0.25) is 4.99 Å². The number of benzene rings is 1. The minimum atomic E-state index is -0.560. The SMILES string of the molecule is CC(C)(C)OC(=O)[C@H]1N=C(c2ccccc2)C[C@H]1c1ccco1. The van der Waals surface area contributed by atoms with Crippen LogP contribution in [0.2, 0.25) is 0 Å². The standard InChI is InChI=1S/C19H21NO3/c1-19(2,3)23-18(21)17-14(16-10-7-11-22-16)12-15(20-17)13-8-5-4-6-9-13/h4-11,14,17H,12H2,1-3H3/t14-,17-/m0/s1. The third-order valence-corrected chi connectivity index (χ3v) is 3.75. The van der Waals surface area contributed by atoms with Crippen LogP contribution in [0.1, 0.15) is 44.4 Å². The highest BCUT2D eigenvalue weighted by Crippen LogP contribution is 2.35. The molecule has 3 rings (SSSR count). The smallest absolute Gasteiger partial charge is 0.332 e. The van der Waals surface area contributed by atoms with Gasteiger partial charge in [-0.1, -0.05) is 30.3 Å². The number of esters is 1. The molecule has 4 nitrogen and oxygen atoms in total. The number of carbonyl (C=O) groups is 1. The van der Waals surface area contributed by atoms with Crippen LogP contribution in [0.3, 0.4) is 0 Å². The lowest BCUT2D eigenvalue weighted by Gasteiger charge is -2.23. The first-order chi connectivity index (χ1) is 10.9. The summed E-state index contributed by atoms with van der Waals surface area (Å²) in [6, 6.07) is 13.1. The van der Waals surface area contributed by atoms with Crippen molar-refractivity contribution in [3.05, 3.63) is 60.1 Å². The minimum Gasteiger partial charge on any atom is -0.469 e. The Morgan fingerprint density at radius 3 is 2.52 bits per heavy atom. The van der Waals surface area contributed by atoms with Crippen LogP contribution in [-0.4, -0.2) is 23.3 Å². The van der Waals surface area contributed by atoms with Crippen molar-refractivity contribution in [3.8, 4) is 0 Å². The van der Waals surface area contributed by atoms with Crippen LogP contribution in [0.4, 0.5) is 0 Å². The maximum Gasteiger partial charge on any atom is 0.332 e. The highest BCUT2D eigenvalue weighted by Gasteiger charge is 2.40. The molecule has 0 amide bonds. The molecule has 2 aromatic rings. The van der Waals surface area contributed by atoms with E-state index in [-0.39, 0.29) is 11.9 Å². The van der Waals surface area contributed by atoms with Crippen LogP contribution in [0.15, 0.2) is 58.1 Å². The number of hydrogen-bond acceptors (Lipinski definition) is 4. The molecule has 0 fully saturated rings.